The maximum Gasteiger partial charge on any atom is 0.130 e. The Morgan fingerprint density at radius 1 is 1.15 bits per heavy atom. The average molecular weight is 271 g/mol. The number of benzene rings is 1. The van der Waals surface area contributed by atoms with Gasteiger partial charge in [-0.3, -0.25) is 0 Å². The molecule has 0 aliphatic rings. The number of nitrogens with zero attached hydrogens (tertiary/aromatic N) is 2. The van der Waals surface area contributed by atoms with Crippen molar-refractivity contribution in [2.75, 3.05) is 5.32 Å². The van der Waals surface area contributed by atoms with Crippen LogP contribution in [-0.2, 0) is 0 Å². The fourth-order valence-electron chi connectivity index (χ4n) is 2.07. The Morgan fingerprint density at radius 3 is 2.45 bits per heavy atom. The van der Waals surface area contributed by atoms with Crippen molar-refractivity contribution in [2.45, 2.75) is 39.2 Å². The van der Waals surface area contributed by atoms with Crippen molar-refractivity contribution in [3.63, 3.8) is 0 Å². The lowest BCUT2D eigenvalue weighted by atomic mass is 10.0. The van der Waals surface area contributed by atoms with Crippen LogP contribution in [0.4, 0.5) is 5.82 Å². The largest absolute Gasteiger partial charge is 0.508 e. The van der Waals surface area contributed by atoms with E-state index in [2.05, 4.69) is 36.1 Å². The highest BCUT2D eigenvalue weighted by Crippen LogP contribution is 2.24. The predicted octanol–water partition coefficient (Wildman–Crippen LogP) is 3.87. The van der Waals surface area contributed by atoms with E-state index in [1.807, 2.05) is 18.2 Å². The summed E-state index contributed by atoms with van der Waals surface area (Å²) in [6.07, 6.45) is 2.53. The second-order valence-corrected chi connectivity index (χ2v) is 5.18. The van der Waals surface area contributed by atoms with Gasteiger partial charge in [-0.2, -0.15) is 0 Å². The first-order valence-electron chi connectivity index (χ1n) is 6.97. The molecule has 1 heterocycles. The van der Waals surface area contributed by atoms with Crippen LogP contribution in [0.1, 0.15) is 50.4 Å². The minimum absolute atomic E-state index is 0.172. The van der Waals surface area contributed by atoms with Gasteiger partial charge >= 0.3 is 0 Å². The lowest BCUT2D eigenvalue weighted by Crippen LogP contribution is -2.11. The average Bonchev–Trinajstić information content (AvgIpc) is 2.46. The number of aromatic nitrogens is 2. The van der Waals surface area contributed by atoms with E-state index < -0.39 is 0 Å². The van der Waals surface area contributed by atoms with E-state index in [-0.39, 0.29) is 11.8 Å². The van der Waals surface area contributed by atoms with Crippen molar-refractivity contribution >= 4 is 5.82 Å². The van der Waals surface area contributed by atoms with Gasteiger partial charge in [0.05, 0.1) is 6.04 Å². The summed E-state index contributed by atoms with van der Waals surface area (Å²) < 4.78 is 0. The Morgan fingerprint density at radius 2 is 1.85 bits per heavy atom. The van der Waals surface area contributed by atoms with Crippen LogP contribution in [0.5, 0.6) is 5.75 Å². The van der Waals surface area contributed by atoms with Crippen molar-refractivity contribution in [1.82, 2.24) is 9.97 Å². The normalized spacial score (nSPS) is 12.4. The van der Waals surface area contributed by atoms with E-state index in [0.29, 0.717) is 5.92 Å². The molecule has 2 N–H and O–H groups in total. The number of phenols is 1. The van der Waals surface area contributed by atoms with Gasteiger partial charge in [0.1, 0.15) is 17.9 Å². The van der Waals surface area contributed by atoms with Crippen LogP contribution in [0.3, 0.4) is 0 Å². The van der Waals surface area contributed by atoms with Crippen molar-refractivity contribution in [3.8, 4) is 5.75 Å². The predicted molar refractivity (Wildman–Crippen MR) is 80.9 cm³/mol. The molecule has 0 saturated heterocycles. The van der Waals surface area contributed by atoms with Gasteiger partial charge in [0.2, 0.25) is 0 Å². The standard InChI is InChI=1S/C16H21N3O/c1-4-14(12-5-7-13(20)8-6-12)19-16-9-15(11(2)3)17-10-18-16/h5-11,14,20H,4H2,1-3H3,(H,17,18,19). The minimum Gasteiger partial charge on any atom is -0.508 e. The molecular formula is C16H21N3O. The van der Waals surface area contributed by atoms with E-state index in [9.17, 15) is 5.11 Å². The van der Waals surface area contributed by atoms with Crippen molar-refractivity contribution in [1.29, 1.82) is 0 Å². The fraction of sp³-hybridized carbons (Fsp3) is 0.375. The molecule has 1 unspecified atom stereocenters. The summed E-state index contributed by atoms with van der Waals surface area (Å²) in [6, 6.07) is 9.44. The number of aromatic hydroxyl groups is 1. The Kier molecular flexibility index (Phi) is 4.56. The maximum absolute atomic E-state index is 9.36. The molecule has 1 aromatic heterocycles. The van der Waals surface area contributed by atoms with Gasteiger partial charge in [0, 0.05) is 11.8 Å². The molecule has 0 aliphatic heterocycles. The molecule has 0 fully saturated rings. The van der Waals surface area contributed by atoms with Crippen molar-refractivity contribution in [2.24, 2.45) is 0 Å². The Hall–Kier alpha value is -2.10. The Balaban J connectivity index is 2.17. The number of nitrogens with one attached hydrogen (secondary N) is 1. The summed E-state index contributed by atoms with van der Waals surface area (Å²) in [5.41, 5.74) is 2.16. The van der Waals surface area contributed by atoms with E-state index in [1.54, 1.807) is 18.5 Å². The van der Waals surface area contributed by atoms with Crippen LogP contribution in [0.15, 0.2) is 36.7 Å². The molecule has 0 spiro atoms. The summed E-state index contributed by atoms with van der Waals surface area (Å²) in [6.45, 7) is 6.35. The molecular weight excluding hydrogens is 250 g/mol. The molecule has 4 heteroatoms. The van der Waals surface area contributed by atoms with E-state index in [4.69, 9.17) is 0 Å². The van der Waals surface area contributed by atoms with Crippen LogP contribution in [0.25, 0.3) is 0 Å². The SMILES string of the molecule is CCC(Nc1cc(C(C)C)ncn1)c1ccc(O)cc1. The maximum atomic E-state index is 9.36. The van der Waals surface area contributed by atoms with E-state index >= 15 is 0 Å². The molecule has 0 amide bonds. The van der Waals surface area contributed by atoms with Gasteiger partial charge in [-0.1, -0.05) is 32.9 Å². The van der Waals surface area contributed by atoms with Crippen molar-refractivity contribution < 1.29 is 5.11 Å². The second kappa shape index (κ2) is 6.37. The highest BCUT2D eigenvalue weighted by Gasteiger charge is 2.11. The number of anilines is 1. The molecule has 1 aromatic carbocycles. The minimum atomic E-state index is 0.172. The second-order valence-electron chi connectivity index (χ2n) is 5.18. The Bertz CT molecular complexity index is 552. The number of phenolic OH excluding ortho intramolecular Hbond substituents is 1. The third kappa shape index (κ3) is 3.47. The van der Waals surface area contributed by atoms with Crippen LogP contribution < -0.4 is 5.32 Å². The lowest BCUT2D eigenvalue weighted by Gasteiger charge is -2.18. The summed E-state index contributed by atoms with van der Waals surface area (Å²) in [4.78, 5) is 8.55. The number of hydrogen-bond donors (Lipinski definition) is 2. The monoisotopic (exact) mass is 271 g/mol. The molecule has 0 saturated carbocycles. The zero-order valence-electron chi connectivity index (χ0n) is 12.2. The lowest BCUT2D eigenvalue weighted by molar-refractivity contribution is 0.475. The Labute approximate surface area is 119 Å². The molecule has 20 heavy (non-hydrogen) atoms. The molecule has 106 valence electrons. The summed E-state index contributed by atoms with van der Waals surface area (Å²) >= 11 is 0. The number of rotatable bonds is 5. The summed E-state index contributed by atoms with van der Waals surface area (Å²) in [5.74, 6) is 1.50. The van der Waals surface area contributed by atoms with Gasteiger partial charge in [-0.05, 0) is 30.0 Å². The third-order valence-electron chi connectivity index (χ3n) is 3.31. The number of hydrogen-bond acceptors (Lipinski definition) is 4. The van der Waals surface area contributed by atoms with Crippen LogP contribution >= 0.6 is 0 Å². The van der Waals surface area contributed by atoms with Crippen molar-refractivity contribution in [3.05, 3.63) is 47.9 Å². The van der Waals surface area contributed by atoms with Crippen LogP contribution in [0.2, 0.25) is 0 Å². The molecule has 0 bridgehead atoms. The van der Waals surface area contributed by atoms with E-state index in [0.717, 1.165) is 23.5 Å². The third-order valence-corrected chi connectivity index (χ3v) is 3.31. The van der Waals surface area contributed by atoms with Gasteiger partial charge in [-0.15, -0.1) is 0 Å². The fourth-order valence-corrected chi connectivity index (χ4v) is 2.07. The highest BCUT2D eigenvalue weighted by atomic mass is 16.3. The molecule has 0 aliphatic carbocycles. The topological polar surface area (TPSA) is 58.0 Å². The smallest absolute Gasteiger partial charge is 0.130 e. The van der Waals surface area contributed by atoms with Gasteiger partial charge in [0.15, 0.2) is 0 Å². The zero-order valence-corrected chi connectivity index (χ0v) is 12.2. The van der Waals surface area contributed by atoms with E-state index in [1.165, 1.54) is 0 Å². The summed E-state index contributed by atoms with van der Waals surface area (Å²) in [7, 11) is 0. The molecule has 4 nitrogen and oxygen atoms in total. The zero-order chi connectivity index (χ0) is 14.5. The first kappa shape index (κ1) is 14.3. The first-order chi connectivity index (χ1) is 9.60. The van der Waals surface area contributed by atoms with Gasteiger partial charge in [-0.25, -0.2) is 9.97 Å². The quantitative estimate of drug-likeness (QED) is 0.866. The first-order valence-corrected chi connectivity index (χ1v) is 6.97. The molecule has 0 radical (unpaired) electrons. The molecule has 2 aromatic rings. The van der Waals surface area contributed by atoms with Gasteiger partial charge in [0.25, 0.3) is 0 Å². The molecule has 2 rings (SSSR count). The highest BCUT2D eigenvalue weighted by molar-refractivity contribution is 5.40. The van der Waals surface area contributed by atoms with Gasteiger partial charge < -0.3 is 10.4 Å². The molecule has 1 atom stereocenters. The summed E-state index contributed by atoms with van der Waals surface area (Å²) in [5, 5.41) is 12.8. The van der Waals surface area contributed by atoms with Crippen LogP contribution in [0, 0.1) is 0 Å². The van der Waals surface area contributed by atoms with Crippen LogP contribution in [-0.4, -0.2) is 15.1 Å².